The maximum absolute atomic E-state index is 10.2. The van der Waals surface area contributed by atoms with Crippen LogP contribution in [0.25, 0.3) is 0 Å². The molecule has 3 atom stereocenters. The van der Waals surface area contributed by atoms with Crippen molar-refractivity contribution in [1.82, 2.24) is 10.5 Å². The Morgan fingerprint density at radius 1 is 1.43 bits per heavy atom. The molecule has 1 saturated heterocycles. The van der Waals surface area contributed by atoms with Gasteiger partial charge in [0.2, 0.25) is 0 Å². The zero-order valence-corrected chi connectivity index (χ0v) is 8.66. The predicted molar refractivity (Wildman–Crippen MR) is 55.9 cm³/mol. The molecule has 2 aliphatic rings. The average Bonchev–Trinajstić information content (AvgIpc) is 2.59. The van der Waals surface area contributed by atoms with Gasteiger partial charge in [-0.1, -0.05) is 0 Å². The van der Waals surface area contributed by atoms with E-state index < -0.39 is 12.7 Å². The lowest BCUT2D eigenvalue weighted by Gasteiger charge is -2.24. The Labute approximate surface area is 85.2 Å². The first-order valence-corrected chi connectivity index (χ1v) is 5.44. The van der Waals surface area contributed by atoms with Crippen molar-refractivity contribution in [1.29, 1.82) is 0 Å². The monoisotopic (exact) mass is 198 g/mol. The summed E-state index contributed by atoms with van der Waals surface area (Å²) in [6.45, 7) is 4.28. The van der Waals surface area contributed by atoms with Gasteiger partial charge in [0.05, 0.1) is 5.60 Å². The number of nitrogens with one attached hydrogen (secondary N) is 2. The number of aliphatic hydroxyl groups is 1. The van der Waals surface area contributed by atoms with Gasteiger partial charge in [0, 0.05) is 6.54 Å². The molecule has 0 spiro atoms. The Kier molecular flexibility index (Phi) is 2.84. The Morgan fingerprint density at radius 2 is 2.00 bits per heavy atom. The summed E-state index contributed by atoms with van der Waals surface area (Å²) in [6, 6.07) is 0. The van der Waals surface area contributed by atoms with Crippen molar-refractivity contribution >= 4 is 7.05 Å². The van der Waals surface area contributed by atoms with Gasteiger partial charge in [0.15, 0.2) is 0 Å². The van der Waals surface area contributed by atoms with Crippen LogP contribution in [0.5, 0.6) is 0 Å². The van der Waals surface area contributed by atoms with Crippen molar-refractivity contribution in [2.24, 2.45) is 11.8 Å². The van der Waals surface area contributed by atoms with E-state index in [9.17, 15) is 5.11 Å². The Balaban J connectivity index is 1.86. The first-order valence-electron chi connectivity index (χ1n) is 5.44. The minimum Gasteiger partial charge on any atom is -0.437 e. The predicted octanol–water partition coefficient (Wildman–Crippen LogP) is -0.953. The van der Waals surface area contributed by atoms with Gasteiger partial charge in [0.1, 0.15) is 0 Å². The van der Waals surface area contributed by atoms with E-state index in [1.165, 1.54) is 0 Å². The van der Waals surface area contributed by atoms with E-state index in [-0.39, 0.29) is 0 Å². The normalized spacial score (nSPS) is 41.4. The molecule has 0 bridgehead atoms. The number of rotatable bonds is 3. The van der Waals surface area contributed by atoms with E-state index >= 15 is 0 Å². The molecule has 1 aliphatic heterocycles. The Bertz CT molecular complexity index is 201. The van der Waals surface area contributed by atoms with E-state index in [1.807, 2.05) is 0 Å². The van der Waals surface area contributed by atoms with Crippen LogP contribution in [0, 0.1) is 11.8 Å². The van der Waals surface area contributed by atoms with Crippen LogP contribution in [-0.2, 0) is 0 Å². The third-order valence-electron chi connectivity index (χ3n) is 3.49. The van der Waals surface area contributed by atoms with Crippen molar-refractivity contribution in [3.05, 3.63) is 0 Å². The van der Waals surface area contributed by atoms with E-state index in [1.54, 1.807) is 6.82 Å². The van der Waals surface area contributed by atoms with Crippen LogP contribution in [0.3, 0.4) is 0 Å². The second-order valence-corrected chi connectivity index (χ2v) is 4.87. The molecule has 1 saturated carbocycles. The molecule has 80 valence electrons. The van der Waals surface area contributed by atoms with Crippen LogP contribution in [-0.4, -0.2) is 42.4 Å². The summed E-state index contributed by atoms with van der Waals surface area (Å²) in [4.78, 5) is 0. The molecule has 1 unspecified atom stereocenters. The van der Waals surface area contributed by atoms with Crippen LogP contribution < -0.4 is 10.5 Å². The zero-order valence-electron chi connectivity index (χ0n) is 8.66. The molecule has 1 heterocycles. The highest BCUT2D eigenvalue weighted by Crippen LogP contribution is 2.40. The van der Waals surface area contributed by atoms with Crippen LogP contribution >= 0.6 is 0 Å². The molecule has 4 N–H and O–H groups in total. The van der Waals surface area contributed by atoms with E-state index in [0.717, 1.165) is 25.9 Å². The summed E-state index contributed by atoms with van der Waals surface area (Å²) < 4.78 is 0. The highest BCUT2D eigenvalue weighted by atomic mass is 16.3. The molecule has 0 aromatic rings. The molecule has 0 amide bonds. The van der Waals surface area contributed by atoms with Crippen LogP contribution in [0.15, 0.2) is 0 Å². The van der Waals surface area contributed by atoms with E-state index in [4.69, 9.17) is 5.02 Å². The minimum absolute atomic E-state index is 0.512. The molecule has 0 radical (unpaired) electrons. The van der Waals surface area contributed by atoms with Gasteiger partial charge in [-0.15, -0.1) is 0 Å². The van der Waals surface area contributed by atoms with Gasteiger partial charge in [-0.3, -0.25) is 0 Å². The fourth-order valence-corrected chi connectivity index (χ4v) is 2.81. The van der Waals surface area contributed by atoms with Crippen molar-refractivity contribution in [2.75, 3.05) is 19.6 Å². The molecule has 0 aromatic heterocycles. The molecule has 0 aromatic carbocycles. The fraction of sp³-hybridized carbons (Fsp3) is 1.00. The molecule has 5 heteroatoms. The number of hydrogen-bond donors (Lipinski definition) is 4. The fourth-order valence-electron chi connectivity index (χ4n) is 2.81. The van der Waals surface area contributed by atoms with E-state index in [0.29, 0.717) is 18.4 Å². The quantitative estimate of drug-likeness (QED) is 0.441. The SMILES string of the molecule is CB(O)NCC1(O)C[C@H]2CNC[C@H]2C1. The van der Waals surface area contributed by atoms with Gasteiger partial charge < -0.3 is 20.7 Å². The van der Waals surface area contributed by atoms with Crippen LogP contribution in [0.1, 0.15) is 12.8 Å². The Morgan fingerprint density at radius 3 is 2.50 bits per heavy atom. The first kappa shape index (κ1) is 10.4. The summed E-state index contributed by atoms with van der Waals surface area (Å²) >= 11 is 0. The summed E-state index contributed by atoms with van der Waals surface area (Å²) in [7, 11) is -0.530. The van der Waals surface area contributed by atoms with Crippen molar-refractivity contribution in [3.8, 4) is 0 Å². The summed E-state index contributed by atoms with van der Waals surface area (Å²) in [6.07, 6.45) is 1.73. The highest BCUT2D eigenvalue weighted by molar-refractivity contribution is 6.45. The zero-order chi connectivity index (χ0) is 10.2. The number of fused-ring (bicyclic) bond motifs is 1. The minimum atomic E-state index is -0.589. The third-order valence-corrected chi connectivity index (χ3v) is 3.49. The first-order chi connectivity index (χ1) is 6.59. The van der Waals surface area contributed by atoms with Crippen molar-refractivity contribution in [2.45, 2.75) is 25.3 Å². The van der Waals surface area contributed by atoms with Gasteiger partial charge in [-0.2, -0.15) is 0 Å². The molecular formula is C9H19BN2O2. The summed E-state index contributed by atoms with van der Waals surface area (Å²) in [5, 5.41) is 25.6. The Hall–Kier alpha value is -0.0951. The topological polar surface area (TPSA) is 64.5 Å². The van der Waals surface area contributed by atoms with Gasteiger partial charge in [-0.05, 0) is 44.6 Å². The van der Waals surface area contributed by atoms with Crippen LogP contribution in [0.4, 0.5) is 0 Å². The molecular weight excluding hydrogens is 179 g/mol. The molecule has 1 aliphatic carbocycles. The molecule has 14 heavy (non-hydrogen) atoms. The average molecular weight is 198 g/mol. The molecule has 2 rings (SSSR count). The smallest absolute Gasteiger partial charge is 0.373 e. The second-order valence-electron chi connectivity index (χ2n) is 4.87. The number of hydrogen-bond acceptors (Lipinski definition) is 4. The van der Waals surface area contributed by atoms with Gasteiger partial charge in [-0.25, -0.2) is 0 Å². The molecule has 4 nitrogen and oxygen atoms in total. The lowest BCUT2D eigenvalue weighted by molar-refractivity contribution is 0.0438. The summed E-state index contributed by atoms with van der Waals surface area (Å²) in [5.74, 6) is 1.27. The molecule has 2 fully saturated rings. The second kappa shape index (κ2) is 3.81. The van der Waals surface area contributed by atoms with Gasteiger partial charge in [0.25, 0.3) is 0 Å². The largest absolute Gasteiger partial charge is 0.437 e. The summed E-state index contributed by atoms with van der Waals surface area (Å²) in [5.41, 5.74) is -0.589. The lowest BCUT2D eigenvalue weighted by Crippen LogP contribution is -2.44. The van der Waals surface area contributed by atoms with Crippen molar-refractivity contribution < 1.29 is 10.1 Å². The van der Waals surface area contributed by atoms with Gasteiger partial charge >= 0.3 is 7.05 Å². The highest BCUT2D eigenvalue weighted by Gasteiger charge is 2.45. The van der Waals surface area contributed by atoms with E-state index in [2.05, 4.69) is 10.5 Å². The third kappa shape index (κ3) is 2.11. The lowest BCUT2D eigenvalue weighted by atomic mass is 9.86. The van der Waals surface area contributed by atoms with Crippen molar-refractivity contribution in [3.63, 3.8) is 0 Å². The maximum atomic E-state index is 10.2. The standard InChI is InChI=1S/C9H19BN2O2/c1-10(14)12-6-9(13)2-7-4-11-5-8(7)3-9/h7-8,11-14H,2-6H2,1H3/t7-,8+,9?. The maximum Gasteiger partial charge on any atom is 0.373 e. The van der Waals surface area contributed by atoms with Crippen LogP contribution in [0.2, 0.25) is 6.82 Å².